The first-order chi connectivity index (χ1) is 25.2. The summed E-state index contributed by atoms with van der Waals surface area (Å²) in [7, 11) is 0. The number of nitrogens with zero attached hydrogens (tertiary/aromatic N) is 1. The van der Waals surface area contributed by atoms with Crippen LogP contribution in [0.15, 0.2) is 169 Å². The van der Waals surface area contributed by atoms with Gasteiger partial charge in [-0.25, -0.2) is 0 Å². The molecule has 0 aliphatic heterocycles. The molecule has 0 bridgehead atoms. The molecule has 2 aliphatic rings. The van der Waals surface area contributed by atoms with E-state index in [1.54, 1.807) is 0 Å². The maximum atomic E-state index is 4.65. The summed E-state index contributed by atoms with van der Waals surface area (Å²) < 4.78 is 0. The van der Waals surface area contributed by atoms with Crippen LogP contribution in [0, 0.1) is 0 Å². The van der Waals surface area contributed by atoms with Gasteiger partial charge in [0.2, 0.25) is 0 Å². The summed E-state index contributed by atoms with van der Waals surface area (Å²) in [5.41, 5.74) is 19.5. The second-order valence-electron chi connectivity index (χ2n) is 13.6. The number of hydrogen-bond donors (Lipinski definition) is 2. The summed E-state index contributed by atoms with van der Waals surface area (Å²) in [6.45, 7) is 4.75. The fourth-order valence-electron chi connectivity index (χ4n) is 8.10. The molecule has 2 atom stereocenters. The topological polar surface area (TPSA) is 36.4 Å². The molecule has 2 unspecified atom stereocenters. The summed E-state index contributed by atoms with van der Waals surface area (Å²) in [6, 6.07) is 59.2. The van der Waals surface area contributed by atoms with Crippen molar-refractivity contribution in [3.05, 3.63) is 203 Å². The molecule has 0 saturated carbocycles. The predicted molar refractivity (Wildman–Crippen MR) is 212 cm³/mol. The molecular formula is C48H39N3. The Balaban J connectivity index is 1.02. The lowest BCUT2D eigenvalue weighted by Gasteiger charge is -2.26. The van der Waals surface area contributed by atoms with Crippen LogP contribution in [0.1, 0.15) is 51.3 Å². The van der Waals surface area contributed by atoms with Crippen LogP contribution in [0.4, 0.5) is 0 Å². The smallest absolute Gasteiger partial charge is 0.126 e. The molecule has 2 aliphatic carbocycles. The lowest BCUT2D eigenvalue weighted by molar-refractivity contribution is 0.388. The van der Waals surface area contributed by atoms with E-state index in [0.717, 1.165) is 24.0 Å². The lowest BCUT2D eigenvalue weighted by Crippen LogP contribution is -2.36. The summed E-state index contributed by atoms with van der Waals surface area (Å²) in [6.07, 6.45) is 1.43. The molecular weight excluding hydrogens is 619 g/mol. The van der Waals surface area contributed by atoms with Crippen molar-refractivity contribution in [2.24, 2.45) is 4.99 Å². The van der Waals surface area contributed by atoms with Crippen LogP contribution < -0.4 is 10.6 Å². The SMILES string of the molecule is C=NC(NC(NCc1cc(-c2ccccc2)c2c(c1)-c1ccccc1C2)c1ccccc1)c1ccc2c(c1)-c1cccc(-c3ccccc3)c1C2. The monoisotopic (exact) mass is 657 g/mol. The van der Waals surface area contributed by atoms with Crippen LogP contribution in [-0.2, 0) is 19.4 Å². The van der Waals surface area contributed by atoms with E-state index < -0.39 is 0 Å². The number of fused-ring (bicyclic) bond motifs is 6. The number of aliphatic imine (C=N–C) groups is 1. The highest BCUT2D eigenvalue weighted by Crippen LogP contribution is 2.44. The van der Waals surface area contributed by atoms with Gasteiger partial charge in [-0.2, -0.15) is 0 Å². The van der Waals surface area contributed by atoms with E-state index in [1.165, 1.54) is 72.3 Å². The molecule has 3 heteroatoms. The molecule has 9 rings (SSSR count). The lowest BCUT2D eigenvalue weighted by atomic mass is 9.93. The van der Waals surface area contributed by atoms with Crippen LogP contribution in [-0.4, -0.2) is 6.72 Å². The van der Waals surface area contributed by atoms with E-state index >= 15 is 0 Å². The minimum absolute atomic E-state index is 0.160. The number of hydrogen-bond acceptors (Lipinski definition) is 3. The second-order valence-corrected chi connectivity index (χ2v) is 13.6. The Morgan fingerprint density at radius 2 is 1.08 bits per heavy atom. The average molecular weight is 658 g/mol. The Bertz CT molecular complexity index is 2360. The second kappa shape index (κ2) is 13.4. The molecule has 0 fully saturated rings. The van der Waals surface area contributed by atoms with E-state index in [2.05, 4.69) is 186 Å². The molecule has 0 saturated heterocycles. The fraction of sp³-hybridized carbons (Fsp3) is 0.104. The highest BCUT2D eigenvalue weighted by molar-refractivity contribution is 5.86. The van der Waals surface area contributed by atoms with E-state index in [-0.39, 0.29) is 12.3 Å². The van der Waals surface area contributed by atoms with Crippen LogP contribution in [0.3, 0.4) is 0 Å². The van der Waals surface area contributed by atoms with Crippen molar-refractivity contribution >= 4 is 6.72 Å². The Morgan fingerprint density at radius 1 is 0.490 bits per heavy atom. The molecule has 3 nitrogen and oxygen atoms in total. The first-order valence-electron chi connectivity index (χ1n) is 17.8. The third-order valence-electron chi connectivity index (χ3n) is 10.6. The predicted octanol–water partition coefficient (Wildman–Crippen LogP) is 10.9. The first kappa shape index (κ1) is 31.1. The first-order valence-corrected chi connectivity index (χ1v) is 17.8. The average Bonchev–Trinajstić information content (AvgIpc) is 3.77. The number of benzene rings is 7. The Kier molecular flexibility index (Phi) is 8.21. The van der Waals surface area contributed by atoms with Gasteiger partial charge in [-0.1, -0.05) is 146 Å². The minimum atomic E-state index is -0.305. The van der Waals surface area contributed by atoms with Crippen LogP contribution in [0.5, 0.6) is 0 Å². The van der Waals surface area contributed by atoms with Gasteiger partial charge in [-0.3, -0.25) is 15.6 Å². The van der Waals surface area contributed by atoms with Gasteiger partial charge in [0.05, 0.1) is 6.17 Å². The Hall–Kier alpha value is -5.87. The van der Waals surface area contributed by atoms with Gasteiger partial charge in [0, 0.05) is 6.54 Å². The van der Waals surface area contributed by atoms with Gasteiger partial charge in [-0.05, 0) is 121 Å². The molecule has 0 aromatic heterocycles. The largest absolute Gasteiger partial charge is 0.294 e. The van der Waals surface area contributed by atoms with Crippen molar-refractivity contribution in [3.8, 4) is 44.5 Å². The van der Waals surface area contributed by atoms with E-state index in [4.69, 9.17) is 0 Å². The molecule has 7 aromatic rings. The summed E-state index contributed by atoms with van der Waals surface area (Å²) in [5, 5.41) is 7.71. The molecule has 2 N–H and O–H groups in total. The molecule has 51 heavy (non-hydrogen) atoms. The van der Waals surface area contributed by atoms with E-state index in [0.29, 0.717) is 6.54 Å². The van der Waals surface area contributed by atoms with Crippen molar-refractivity contribution in [2.75, 3.05) is 0 Å². The minimum Gasteiger partial charge on any atom is -0.294 e. The maximum Gasteiger partial charge on any atom is 0.126 e. The highest BCUT2D eigenvalue weighted by Gasteiger charge is 2.26. The molecule has 0 radical (unpaired) electrons. The molecule has 0 amide bonds. The van der Waals surface area contributed by atoms with Crippen LogP contribution >= 0.6 is 0 Å². The number of nitrogens with one attached hydrogen (secondary N) is 2. The van der Waals surface area contributed by atoms with Gasteiger partial charge >= 0.3 is 0 Å². The Morgan fingerprint density at radius 3 is 1.82 bits per heavy atom. The van der Waals surface area contributed by atoms with Crippen molar-refractivity contribution < 1.29 is 0 Å². The van der Waals surface area contributed by atoms with Crippen LogP contribution in [0.2, 0.25) is 0 Å². The fourth-order valence-corrected chi connectivity index (χ4v) is 8.10. The zero-order valence-electron chi connectivity index (χ0n) is 28.5. The summed E-state index contributed by atoms with van der Waals surface area (Å²) in [4.78, 5) is 4.65. The van der Waals surface area contributed by atoms with Gasteiger partial charge in [0.15, 0.2) is 0 Å². The van der Waals surface area contributed by atoms with Crippen LogP contribution in [0.25, 0.3) is 44.5 Å². The highest BCUT2D eigenvalue weighted by atomic mass is 15.2. The standard InChI is InChI=1S/C48H39N3/c1-49-47(38-25-24-37-29-45-39(33-14-5-2-6-15-33)22-13-23-41(45)43(37)30-38)51-48(35-18-9-4-10-19-35)50-31-32-26-42(34-16-7-3-8-17-34)46-28-36-20-11-12-21-40(36)44(46)27-32/h2-27,30,47-48,50-51H,1,28-29,31H2. The normalized spacial score (nSPS) is 13.5. The third kappa shape index (κ3) is 5.91. The molecule has 7 aromatic carbocycles. The number of rotatable bonds is 10. The molecule has 246 valence electrons. The van der Waals surface area contributed by atoms with Gasteiger partial charge in [0.25, 0.3) is 0 Å². The quantitative estimate of drug-likeness (QED) is 0.113. The third-order valence-corrected chi connectivity index (χ3v) is 10.6. The summed E-state index contributed by atoms with van der Waals surface area (Å²) in [5.74, 6) is 0. The zero-order chi connectivity index (χ0) is 34.1. The van der Waals surface area contributed by atoms with Crippen molar-refractivity contribution in [3.63, 3.8) is 0 Å². The van der Waals surface area contributed by atoms with E-state index in [9.17, 15) is 0 Å². The van der Waals surface area contributed by atoms with Crippen molar-refractivity contribution in [2.45, 2.75) is 31.7 Å². The zero-order valence-corrected chi connectivity index (χ0v) is 28.5. The van der Waals surface area contributed by atoms with Gasteiger partial charge in [0.1, 0.15) is 6.17 Å². The molecule has 0 heterocycles. The maximum absolute atomic E-state index is 4.65. The molecule has 0 spiro atoms. The van der Waals surface area contributed by atoms with Crippen molar-refractivity contribution in [1.82, 2.24) is 10.6 Å². The summed E-state index contributed by atoms with van der Waals surface area (Å²) >= 11 is 0. The van der Waals surface area contributed by atoms with Crippen molar-refractivity contribution in [1.29, 1.82) is 0 Å². The van der Waals surface area contributed by atoms with Gasteiger partial charge < -0.3 is 0 Å². The Labute approximate surface area is 300 Å². The van der Waals surface area contributed by atoms with Gasteiger partial charge in [-0.15, -0.1) is 0 Å². The van der Waals surface area contributed by atoms with E-state index in [1.807, 2.05) is 0 Å².